The van der Waals surface area contributed by atoms with Crippen LogP contribution in [0.4, 0.5) is 0 Å². The summed E-state index contributed by atoms with van der Waals surface area (Å²) in [7, 11) is 1.67. The first-order valence-corrected chi connectivity index (χ1v) is 10.3. The fourth-order valence-corrected chi connectivity index (χ4v) is 3.60. The predicted molar refractivity (Wildman–Crippen MR) is 128 cm³/mol. The molecule has 0 radical (unpaired) electrons. The Balaban J connectivity index is 0.00000392. The first-order valence-electron chi connectivity index (χ1n) is 9.50. The van der Waals surface area contributed by atoms with Crippen molar-refractivity contribution in [2.75, 3.05) is 46.6 Å². The van der Waals surface area contributed by atoms with E-state index in [4.69, 9.17) is 9.47 Å². The summed E-state index contributed by atoms with van der Waals surface area (Å²) >= 11 is 1.62. The molecule has 0 aliphatic rings. The number of benzene rings is 1. The molecule has 1 unspecified atom stereocenters. The summed E-state index contributed by atoms with van der Waals surface area (Å²) in [6, 6.07) is 10.2. The predicted octanol–water partition coefficient (Wildman–Crippen LogP) is 3.55. The molecule has 2 rings (SSSR count). The number of ether oxygens (including phenoxy) is 2. The van der Waals surface area contributed by atoms with Crippen molar-refractivity contribution in [3.05, 3.63) is 35.2 Å². The van der Waals surface area contributed by atoms with Crippen LogP contribution in [0.5, 0.6) is 0 Å². The minimum Gasteiger partial charge on any atom is -0.386 e. The van der Waals surface area contributed by atoms with Crippen LogP contribution in [-0.4, -0.2) is 57.6 Å². The van der Waals surface area contributed by atoms with Crippen LogP contribution in [0.25, 0.3) is 10.1 Å². The van der Waals surface area contributed by atoms with Crippen LogP contribution in [-0.2, 0) is 9.47 Å². The summed E-state index contributed by atoms with van der Waals surface area (Å²) in [4.78, 5) is 5.47. The van der Waals surface area contributed by atoms with E-state index >= 15 is 0 Å². The standard InChI is InChI=1S/C20H31N3O3S.HI/c1-3-21-20(22-10-6-7-11-26-13-12-25-2)23-15-17(24)19-14-16-8-4-5-9-18(16)27-19;/h4-5,8-9,14,17,24H,3,6-7,10-13,15H2,1-2H3,(H2,21,22,23);1H. The molecule has 0 spiro atoms. The number of nitrogens with zero attached hydrogens (tertiary/aromatic N) is 1. The zero-order valence-corrected chi connectivity index (χ0v) is 19.8. The molecule has 2 aromatic rings. The number of aliphatic imine (C=N–C) groups is 1. The van der Waals surface area contributed by atoms with E-state index in [0.29, 0.717) is 19.8 Å². The Labute approximate surface area is 188 Å². The average Bonchev–Trinajstić information content (AvgIpc) is 3.12. The molecule has 1 aromatic heterocycles. The molecule has 1 atom stereocenters. The molecule has 3 N–H and O–H groups in total. The van der Waals surface area contributed by atoms with Gasteiger partial charge in [-0.3, -0.25) is 4.99 Å². The summed E-state index contributed by atoms with van der Waals surface area (Å²) < 4.78 is 11.6. The SMILES string of the molecule is CCNC(=NCC(O)c1cc2ccccc2s1)NCCCCOCCOC.I. The van der Waals surface area contributed by atoms with Gasteiger partial charge in [0.05, 0.1) is 19.8 Å². The highest BCUT2D eigenvalue weighted by atomic mass is 127. The molecule has 158 valence electrons. The van der Waals surface area contributed by atoms with Crippen LogP contribution in [0, 0.1) is 0 Å². The number of thiophene rings is 1. The average molecular weight is 521 g/mol. The number of halogens is 1. The zero-order chi connectivity index (χ0) is 19.3. The molecule has 0 amide bonds. The van der Waals surface area contributed by atoms with E-state index in [1.165, 1.54) is 10.1 Å². The summed E-state index contributed by atoms with van der Waals surface area (Å²) in [5.41, 5.74) is 0. The zero-order valence-electron chi connectivity index (χ0n) is 16.6. The van der Waals surface area contributed by atoms with Crippen LogP contribution < -0.4 is 10.6 Å². The molecule has 0 saturated carbocycles. The van der Waals surface area contributed by atoms with Crippen molar-refractivity contribution in [1.29, 1.82) is 0 Å². The lowest BCUT2D eigenvalue weighted by Crippen LogP contribution is -2.38. The molecule has 8 heteroatoms. The summed E-state index contributed by atoms with van der Waals surface area (Å²) in [5.74, 6) is 0.734. The molecular formula is C20H32IN3O3S. The quantitative estimate of drug-likeness (QED) is 0.173. The van der Waals surface area contributed by atoms with Crippen molar-refractivity contribution in [3.63, 3.8) is 0 Å². The number of nitrogens with one attached hydrogen (secondary N) is 2. The Hall–Kier alpha value is -0.940. The number of unbranched alkanes of at least 4 members (excludes halogenated alkanes) is 1. The van der Waals surface area contributed by atoms with E-state index in [9.17, 15) is 5.11 Å². The number of hydrogen-bond donors (Lipinski definition) is 3. The summed E-state index contributed by atoms with van der Waals surface area (Å²) in [6.07, 6.45) is 1.39. The Bertz CT molecular complexity index is 663. The van der Waals surface area contributed by atoms with Gasteiger partial charge in [0.25, 0.3) is 0 Å². The number of aliphatic hydroxyl groups is 1. The van der Waals surface area contributed by atoms with Gasteiger partial charge >= 0.3 is 0 Å². The van der Waals surface area contributed by atoms with Crippen LogP contribution in [0.3, 0.4) is 0 Å². The van der Waals surface area contributed by atoms with Crippen molar-refractivity contribution in [3.8, 4) is 0 Å². The highest BCUT2D eigenvalue weighted by molar-refractivity contribution is 14.0. The van der Waals surface area contributed by atoms with Gasteiger partial charge in [-0.05, 0) is 37.3 Å². The molecule has 0 fully saturated rings. The van der Waals surface area contributed by atoms with Gasteiger partial charge in [0.2, 0.25) is 0 Å². The lowest BCUT2D eigenvalue weighted by molar-refractivity contribution is 0.0689. The molecule has 6 nitrogen and oxygen atoms in total. The van der Waals surface area contributed by atoms with Gasteiger partial charge in [0.15, 0.2) is 5.96 Å². The molecule has 28 heavy (non-hydrogen) atoms. The molecule has 0 aliphatic carbocycles. The van der Waals surface area contributed by atoms with Crippen molar-refractivity contribution >= 4 is 51.4 Å². The largest absolute Gasteiger partial charge is 0.386 e. The van der Waals surface area contributed by atoms with E-state index in [0.717, 1.165) is 43.4 Å². The van der Waals surface area contributed by atoms with Crippen LogP contribution in [0.1, 0.15) is 30.7 Å². The second-order valence-electron chi connectivity index (χ2n) is 6.16. The number of rotatable bonds is 12. The first kappa shape index (κ1) is 25.1. The maximum absolute atomic E-state index is 10.5. The molecule has 0 saturated heterocycles. The summed E-state index contributed by atoms with van der Waals surface area (Å²) in [5, 5.41) is 18.2. The number of hydrogen-bond acceptors (Lipinski definition) is 5. The van der Waals surface area contributed by atoms with Gasteiger partial charge in [-0.1, -0.05) is 18.2 Å². The lowest BCUT2D eigenvalue weighted by atomic mass is 10.2. The number of guanidine groups is 1. The first-order chi connectivity index (χ1) is 13.2. The molecule has 1 aromatic carbocycles. The third-order valence-electron chi connectivity index (χ3n) is 3.98. The Morgan fingerprint density at radius 3 is 2.75 bits per heavy atom. The third-order valence-corrected chi connectivity index (χ3v) is 5.20. The minimum atomic E-state index is -0.591. The topological polar surface area (TPSA) is 75.1 Å². The minimum absolute atomic E-state index is 0. The lowest BCUT2D eigenvalue weighted by Gasteiger charge is -2.12. The maximum atomic E-state index is 10.5. The van der Waals surface area contributed by atoms with Gasteiger partial charge in [-0.15, -0.1) is 35.3 Å². The monoisotopic (exact) mass is 521 g/mol. The highest BCUT2D eigenvalue weighted by Crippen LogP contribution is 2.29. The number of aliphatic hydroxyl groups excluding tert-OH is 1. The third kappa shape index (κ3) is 9.04. The normalized spacial score (nSPS) is 12.6. The van der Waals surface area contributed by atoms with Gasteiger partial charge in [-0.2, -0.15) is 0 Å². The molecular weight excluding hydrogens is 489 g/mol. The second-order valence-corrected chi connectivity index (χ2v) is 7.28. The van der Waals surface area contributed by atoms with Gasteiger partial charge in [0, 0.05) is 36.4 Å². The fraction of sp³-hybridized carbons (Fsp3) is 0.550. The Morgan fingerprint density at radius 2 is 2.00 bits per heavy atom. The van der Waals surface area contributed by atoms with E-state index in [2.05, 4.69) is 27.8 Å². The van der Waals surface area contributed by atoms with Crippen molar-refractivity contribution in [2.24, 2.45) is 4.99 Å². The van der Waals surface area contributed by atoms with E-state index in [-0.39, 0.29) is 24.0 Å². The van der Waals surface area contributed by atoms with Crippen molar-refractivity contribution < 1.29 is 14.6 Å². The highest BCUT2D eigenvalue weighted by Gasteiger charge is 2.11. The smallest absolute Gasteiger partial charge is 0.191 e. The Kier molecular flexibility index (Phi) is 13.4. The number of methoxy groups -OCH3 is 1. The van der Waals surface area contributed by atoms with Gasteiger partial charge in [-0.25, -0.2) is 0 Å². The fourth-order valence-electron chi connectivity index (χ4n) is 2.56. The van der Waals surface area contributed by atoms with Crippen molar-refractivity contribution in [1.82, 2.24) is 10.6 Å². The van der Waals surface area contributed by atoms with E-state index in [1.54, 1.807) is 18.4 Å². The molecule has 0 aliphatic heterocycles. The van der Waals surface area contributed by atoms with Crippen LogP contribution >= 0.6 is 35.3 Å². The van der Waals surface area contributed by atoms with Crippen molar-refractivity contribution in [2.45, 2.75) is 25.9 Å². The van der Waals surface area contributed by atoms with E-state index < -0.39 is 6.10 Å². The molecule has 1 heterocycles. The van der Waals surface area contributed by atoms with Gasteiger partial charge < -0.3 is 25.2 Å². The maximum Gasteiger partial charge on any atom is 0.191 e. The Morgan fingerprint density at radius 1 is 1.18 bits per heavy atom. The van der Waals surface area contributed by atoms with E-state index in [1.807, 2.05) is 25.1 Å². The van der Waals surface area contributed by atoms with Gasteiger partial charge in [0.1, 0.15) is 6.10 Å². The number of fused-ring (bicyclic) bond motifs is 1. The molecule has 0 bridgehead atoms. The second kappa shape index (κ2) is 15.0. The van der Waals surface area contributed by atoms with Crippen LogP contribution in [0.15, 0.2) is 35.3 Å². The summed E-state index contributed by atoms with van der Waals surface area (Å²) in [6.45, 7) is 5.99. The van der Waals surface area contributed by atoms with Crippen LogP contribution in [0.2, 0.25) is 0 Å².